The van der Waals surface area contributed by atoms with E-state index >= 15 is 0 Å². The zero-order valence-corrected chi connectivity index (χ0v) is 14.1. The lowest BCUT2D eigenvalue weighted by atomic mass is 10.2. The van der Waals surface area contributed by atoms with Gasteiger partial charge in [0.05, 0.1) is 28.1 Å². The highest BCUT2D eigenvalue weighted by atomic mass is 35.5. The minimum absolute atomic E-state index is 0.0119. The molecule has 130 valence electrons. The first-order valence-corrected chi connectivity index (χ1v) is 8.42. The monoisotopic (exact) mass is 385 g/mol. The molecule has 0 aliphatic carbocycles. The molecule has 0 saturated carbocycles. The fraction of sp³-hybridized carbons (Fsp3) is 0.125. The third-order valence-electron chi connectivity index (χ3n) is 3.29. The Morgan fingerprint density at radius 3 is 2.84 bits per heavy atom. The number of fused-ring (bicyclic) bond motifs is 1. The van der Waals surface area contributed by atoms with Crippen LogP contribution in [0, 0.1) is 0 Å². The second kappa shape index (κ2) is 6.97. The van der Waals surface area contributed by atoms with E-state index in [2.05, 4.69) is 10.3 Å². The summed E-state index contributed by atoms with van der Waals surface area (Å²) >= 11 is 6.74. The van der Waals surface area contributed by atoms with Crippen LogP contribution in [0.4, 0.5) is 18.9 Å². The van der Waals surface area contributed by atoms with E-state index in [-0.39, 0.29) is 11.4 Å². The third kappa shape index (κ3) is 4.08. The van der Waals surface area contributed by atoms with Gasteiger partial charge in [0.15, 0.2) is 5.16 Å². The van der Waals surface area contributed by atoms with Crippen LogP contribution in [-0.2, 0) is 11.0 Å². The van der Waals surface area contributed by atoms with E-state index in [1.165, 1.54) is 17.8 Å². The number of aromatic nitrogens is 2. The molecule has 0 aliphatic heterocycles. The summed E-state index contributed by atoms with van der Waals surface area (Å²) in [5.41, 5.74) is -0.0629. The molecule has 0 saturated heterocycles. The second-order valence-corrected chi connectivity index (χ2v) is 6.42. The van der Waals surface area contributed by atoms with Crippen LogP contribution in [0.5, 0.6) is 0 Å². The predicted octanol–water partition coefficient (Wildman–Crippen LogP) is 4.74. The SMILES string of the molecule is O=C(CSc1ncc2ccccn12)Nc1ccc(Cl)c(C(F)(F)F)c1. The van der Waals surface area contributed by atoms with Gasteiger partial charge in [-0.2, -0.15) is 13.2 Å². The van der Waals surface area contributed by atoms with Crippen LogP contribution in [0.25, 0.3) is 5.52 Å². The van der Waals surface area contributed by atoms with Gasteiger partial charge in [-0.05, 0) is 30.3 Å². The Morgan fingerprint density at radius 2 is 2.08 bits per heavy atom. The van der Waals surface area contributed by atoms with Crippen molar-refractivity contribution in [2.75, 3.05) is 11.1 Å². The first kappa shape index (κ1) is 17.6. The maximum Gasteiger partial charge on any atom is 0.417 e. The lowest BCUT2D eigenvalue weighted by Crippen LogP contribution is -2.15. The molecule has 0 fully saturated rings. The minimum atomic E-state index is -4.58. The van der Waals surface area contributed by atoms with Gasteiger partial charge in [0.1, 0.15) is 0 Å². The van der Waals surface area contributed by atoms with Crippen LogP contribution in [0.3, 0.4) is 0 Å². The minimum Gasteiger partial charge on any atom is -0.325 e. The number of alkyl halides is 3. The third-order valence-corrected chi connectivity index (χ3v) is 4.59. The second-order valence-electron chi connectivity index (χ2n) is 5.07. The first-order chi connectivity index (χ1) is 11.8. The largest absolute Gasteiger partial charge is 0.417 e. The number of anilines is 1. The molecule has 3 aromatic rings. The van der Waals surface area contributed by atoms with E-state index in [0.717, 1.165) is 17.6 Å². The van der Waals surface area contributed by atoms with Crippen LogP contribution in [0.1, 0.15) is 5.56 Å². The van der Waals surface area contributed by atoms with Crippen LogP contribution >= 0.6 is 23.4 Å². The zero-order chi connectivity index (χ0) is 18.0. The number of pyridine rings is 1. The first-order valence-electron chi connectivity index (χ1n) is 7.06. The van der Waals surface area contributed by atoms with E-state index in [1.54, 1.807) is 6.20 Å². The van der Waals surface area contributed by atoms with Crippen molar-refractivity contribution in [3.05, 3.63) is 59.4 Å². The smallest absolute Gasteiger partial charge is 0.325 e. The van der Waals surface area contributed by atoms with Gasteiger partial charge in [-0.3, -0.25) is 9.20 Å². The Kier molecular flexibility index (Phi) is 4.91. The lowest BCUT2D eigenvalue weighted by Gasteiger charge is -2.11. The Bertz CT molecular complexity index is 926. The quantitative estimate of drug-likeness (QED) is 0.660. The van der Waals surface area contributed by atoms with E-state index in [9.17, 15) is 18.0 Å². The number of nitrogens with zero attached hydrogens (tertiary/aromatic N) is 2. The van der Waals surface area contributed by atoms with Gasteiger partial charge < -0.3 is 5.32 Å². The summed E-state index contributed by atoms with van der Waals surface area (Å²) in [6, 6.07) is 8.84. The summed E-state index contributed by atoms with van der Waals surface area (Å²) in [5.74, 6) is -0.425. The topological polar surface area (TPSA) is 46.4 Å². The van der Waals surface area contributed by atoms with Gasteiger partial charge in [-0.25, -0.2) is 4.98 Å². The van der Waals surface area contributed by atoms with Crippen molar-refractivity contribution in [2.24, 2.45) is 0 Å². The fourth-order valence-corrected chi connectivity index (χ4v) is 3.16. The molecule has 2 heterocycles. The number of halogens is 4. The molecule has 0 atom stereocenters. The van der Waals surface area contributed by atoms with Gasteiger partial charge >= 0.3 is 6.18 Å². The van der Waals surface area contributed by atoms with Gasteiger partial charge in [-0.15, -0.1) is 0 Å². The highest BCUT2D eigenvalue weighted by Gasteiger charge is 2.33. The van der Waals surface area contributed by atoms with Crippen molar-refractivity contribution in [3.63, 3.8) is 0 Å². The van der Waals surface area contributed by atoms with Crippen LogP contribution in [0.2, 0.25) is 5.02 Å². The molecule has 3 rings (SSSR count). The van der Waals surface area contributed by atoms with Gasteiger partial charge in [-0.1, -0.05) is 29.4 Å². The molecule has 4 nitrogen and oxygen atoms in total. The molecule has 0 spiro atoms. The maximum absolute atomic E-state index is 12.8. The van der Waals surface area contributed by atoms with Crippen molar-refractivity contribution in [1.82, 2.24) is 9.38 Å². The van der Waals surface area contributed by atoms with Crippen molar-refractivity contribution >= 4 is 40.5 Å². The molecule has 2 aromatic heterocycles. The van der Waals surface area contributed by atoms with Crippen LogP contribution in [0.15, 0.2) is 53.9 Å². The molecule has 0 radical (unpaired) electrons. The summed E-state index contributed by atoms with van der Waals surface area (Å²) in [6.45, 7) is 0. The van der Waals surface area contributed by atoms with E-state index in [0.29, 0.717) is 5.16 Å². The van der Waals surface area contributed by atoms with Crippen LogP contribution < -0.4 is 5.32 Å². The van der Waals surface area contributed by atoms with Crippen molar-refractivity contribution < 1.29 is 18.0 Å². The molecule has 0 bridgehead atoms. The van der Waals surface area contributed by atoms with E-state index < -0.39 is 22.7 Å². The summed E-state index contributed by atoms with van der Waals surface area (Å²) in [7, 11) is 0. The fourth-order valence-electron chi connectivity index (χ4n) is 2.17. The normalized spacial score (nSPS) is 11.7. The van der Waals surface area contributed by atoms with Crippen molar-refractivity contribution in [3.8, 4) is 0 Å². The summed E-state index contributed by atoms with van der Waals surface area (Å²) in [6.07, 6.45) is -1.09. The molecule has 1 aromatic carbocycles. The zero-order valence-electron chi connectivity index (χ0n) is 12.5. The van der Waals surface area contributed by atoms with Crippen molar-refractivity contribution in [2.45, 2.75) is 11.3 Å². The molecular formula is C16H11ClF3N3OS. The predicted molar refractivity (Wildman–Crippen MR) is 91.0 cm³/mol. The van der Waals surface area contributed by atoms with Gasteiger partial charge in [0.25, 0.3) is 0 Å². The van der Waals surface area contributed by atoms with Gasteiger partial charge in [0.2, 0.25) is 5.91 Å². The number of hydrogen-bond acceptors (Lipinski definition) is 3. The molecule has 0 aliphatic rings. The van der Waals surface area contributed by atoms with E-state index in [4.69, 9.17) is 11.6 Å². The summed E-state index contributed by atoms with van der Waals surface area (Å²) in [5, 5.41) is 2.65. The summed E-state index contributed by atoms with van der Waals surface area (Å²) < 4.78 is 40.3. The van der Waals surface area contributed by atoms with Gasteiger partial charge in [0, 0.05) is 11.9 Å². The highest BCUT2D eigenvalue weighted by Crippen LogP contribution is 2.36. The lowest BCUT2D eigenvalue weighted by molar-refractivity contribution is -0.137. The van der Waals surface area contributed by atoms with Crippen molar-refractivity contribution in [1.29, 1.82) is 0 Å². The molecule has 25 heavy (non-hydrogen) atoms. The molecule has 0 unspecified atom stereocenters. The number of thioether (sulfide) groups is 1. The van der Waals surface area contributed by atoms with Crippen LogP contribution in [-0.4, -0.2) is 21.0 Å². The average Bonchev–Trinajstić information content (AvgIpc) is 2.97. The number of rotatable bonds is 4. The molecule has 1 amide bonds. The number of benzene rings is 1. The average molecular weight is 386 g/mol. The number of carbonyl (C=O) groups excluding carboxylic acids is 1. The Balaban J connectivity index is 1.67. The number of amides is 1. The number of nitrogens with one attached hydrogen (secondary N) is 1. The van der Waals surface area contributed by atoms with E-state index in [1.807, 2.05) is 28.8 Å². The Hall–Kier alpha value is -2.19. The number of imidazole rings is 1. The number of hydrogen-bond donors (Lipinski definition) is 1. The number of carbonyl (C=O) groups is 1. The Labute approximate surface area is 150 Å². The molecule has 1 N–H and O–H groups in total. The highest BCUT2D eigenvalue weighted by molar-refractivity contribution is 7.99. The molecule has 9 heteroatoms. The Morgan fingerprint density at radius 1 is 1.28 bits per heavy atom. The maximum atomic E-state index is 12.8. The molecular weight excluding hydrogens is 375 g/mol. The summed E-state index contributed by atoms with van der Waals surface area (Å²) in [4.78, 5) is 16.2. The standard InChI is InChI=1S/C16H11ClF3N3OS/c17-13-5-4-10(7-12(13)16(18,19)20)22-14(24)9-25-15-21-8-11-3-1-2-6-23(11)15/h1-8H,9H2,(H,22,24).